The van der Waals surface area contributed by atoms with Crippen molar-refractivity contribution in [3.8, 4) is 34.5 Å². The number of phenolic OH excluding ortho intramolecular Hbond substituents is 1. The third-order valence-corrected chi connectivity index (χ3v) is 11.1. The van der Waals surface area contributed by atoms with E-state index in [1.54, 1.807) is 30.3 Å². The van der Waals surface area contributed by atoms with Crippen molar-refractivity contribution in [3.05, 3.63) is 96.1 Å². The molecule has 0 saturated carbocycles. The summed E-state index contributed by atoms with van der Waals surface area (Å²) in [4.78, 5) is -0.722. The van der Waals surface area contributed by atoms with Crippen LogP contribution in [0.15, 0.2) is 94.7 Å². The van der Waals surface area contributed by atoms with E-state index in [4.69, 9.17) is 9.47 Å². The summed E-state index contributed by atoms with van der Waals surface area (Å²) in [5.74, 6) is 0.509. The summed E-state index contributed by atoms with van der Waals surface area (Å²) in [6.45, 7) is 4.42. The fourth-order valence-corrected chi connectivity index (χ4v) is 7.52. The first-order valence-electron chi connectivity index (χ1n) is 19.9. The Hall–Kier alpha value is -2.84. The zero-order chi connectivity index (χ0) is 40.8. The minimum absolute atomic E-state index is 0. The molecule has 0 aliphatic carbocycles. The number of hydrogen-bond acceptors (Lipinski definition) is 9. The number of phenols is 1. The van der Waals surface area contributed by atoms with Crippen LogP contribution < -0.4 is 14.6 Å². The van der Waals surface area contributed by atoms with Crippen LogP contribution in [-0.4, -0.2) is 68.8 Å². The number of benzene rings is 4. The van der Waals surface area contributed by atoms with Gasteiger partial charge in [0.1, 0.15) is 43.8 Å². The van der Waals surface area contributed by atoms with Gasteiger partial charge in [-0.3, -0.25) is 4.55 Å². The van der Waals surface area contributed by atoms with Gasteiger partial charge >= 0.3 is 37.7 Å². The second-order valence-corrected chi connectivity index (χ2v) is 16.8. The van der Waals surface area contributed by atoms with Gasteiger partial charge in [0.2, 0.25) is 0 Å². The van der Waals surface area contributed by atoms with Crippen LogP contribution >= 0.6 is 0 Å². The Kier molecular flexibility index (Phi) is 23.8. The van der Waals surface area contributed by atoms with E-state index in [1.807, 2.05) is 0 Å². The molecule has 0 aromatic heterocycles. The number of aromatic hydroxyl groups is 1. The number of rotatable bonds is 24. The predicted octanol–water partition coefficient (Wildman–Crippen LogP) is 10.9. The molecule has 4 aromatic carbocycles. The molecular weight excluding hydrogens is 793 g/mol. The molecule has 0 amide bonds. The van der Waals surface area contributed by atoms with Crippen LogP contribution in [0, 0.1) is 0 Å². The van der Waals surface area contributed by atoms with E-state index in [0.717, 1.165) is 49.7 Å². The second kappa shape index (κ2) is 27.0. The third-order valence-electron chi connectivity index (χ3n) is 9.37. The van der Waals surface area contributed by atoms with Crippen molar-refractivity contribution in [1.29, 1.82) is 0 Å². The Balaban J connectivity index is 0.000000387. The Morgan fingerprint density at radius 3 is 1.40 bits per heavy atom. The summed E-state index contributed by atoms with van der Waals surface area (Å²) < 4.78 is 78.3. The van der Waals surface area contributed by atoms with Crippen molar-refractivity contribution >= 4 is 58.0 Å². The van der Waals surface area contributed by atoms with Gasteiger partial charge in [-0.2, -0.15) is 8.42 Å². The molecule has 0 aliphatic heterocycles. The second-order valence-electron chi connectivity index (χ2n) is 14.0. The molecule has 0 aliphatic rings. The van der Waals surface area contributed by atoms with Gasteiger partial charge < -0.3 is 24.2 Å². The van der Waals surface area contributed by atoms with Crippen molar-refractivity contribution in [2.75, 3.05) is 0 Å². The van der Waals surface area contributed by atoms with E-state index in [1.165, 1.54) is 132 Å². The van der Waals surface area contributed by atoms with Crippen molar-refractivity contribution in [1.82, 2.24) is 0 Å². The Bertz CT molecular complexity index is 1840. The molecule has 308 valence electrons. The SMILES string of the molecule is CCCCCCCCCCc1ccc(O)cc1Oc1ccccc1S(=O)(=O)O.CCCCCCCCCCc1ccc([O-])cc1Oc1ccccc1S(=O)(=O)[O-].[Ca+2]. The molecule has 2 N–H and O–H groups in total. The fraction of sp³-hybridized carbons (Fsp3) is 0.455. The smallest absolute Gasteiger partial charge is 0.872 e. The molecule has 0 heterocycles. The molecule has 0 spiro atoms. The van der Waals surface area contributed by atoms with Gasteiger partial charge in [0.05, 0.1) is 4.90 Å². The van der Waals surface area contributed by atoms with Crippen LogP contribution in [-0.2, 0) is 33.1 Å². The number of hydrogen-bond donors (Lipinski definition) is 2. The van der Waals surface area contributed by atoms with E-state index in [9.17, 15) is 36.2 Å². The van der Waals surface area contributed by atoms with Gasteiger partial charge in [0.25, 0.3) is 10.1 Å². The topological polar surface area (TPSA) is 173 Å². The molecule has 0 atom stereocenters. The van der Waals surface area contributed by atoms with Gasteiger partial charge in [-0.05, 0) is 73.2 Å². The van der Waals surface area contributed by atoms with E-state index >= 15 is 0 Å². The molecule has 0 bridgehead atoms. The maximum absolute atomic E-state index is 11.8. The first-order valence-corrected chi connectivity index (χ1v) is 22.8. The minimum Gasteiger partial charge on any atom is -0.872 e. The van der Waals surface area contributed by atoms with Crippen LogP contribution in [0.25, 0.3) is 0 Å². The predicted molar refractivity (Wildman–Crippen MR) is 223 cm³/mol. The van der Waals surface area contributed by atoms with Gasteiger partial charge in [-0.1, -0.05) is 146 Å². The van der Waals surface area contributed by atoms with Crippen LogP contribution in [0.1, 0.15) is 128 Å². The molecule has 10 nitrogen and oxygen atoms in total. The maximum Gasteiger partial charge on any atom is 2.00 e. The summed E-state index contributed by atoms with van der Waals surface area (Å²) in [5, 5.41) is 21.6. The van der Waals surface area contributed by atoms with E-state index in [2.05, 4.69) is 13.8 Å². The summed E-state index contributed by atoms with van der Waals surface area (Å²) in [5.41, 5.74) is 1.73. The van der Waals surface area contributed by atoms with Crippen LogP contribution in [0.4, 0.5) is 0 Å². The average molecular weight is 851 g/mol. The molecule has 4 aromatic rings. The van der Waals surface area contributed by atoms with E-state index in [0.29, 0.717) is 11.5 Å². The molecular formula is C44H58CaO10S2. The largest absolute Gasteiger partial charge is 2.00 e. The molecule has 4 rings (SSSR count). The summed E-state index contributed by atoms with van der Waals surface area (Å²) in [7, 11) is -9.06. The maximum atomic E-state index is 11.8. The number of unbranched alkanes of at least 4 members (excludes halogenated alkanes) is 14. The van der Waals surface area contributed by atoms with Crippen LogP contribution in [0.2, 0.25) is 0 Å². The Morgan fingerprint density at radius 2 is 0.930 bits per heavy atom. The number of aryl methyl sites for hydroxylation is 2. The summed E-state index contributed by atoms with van der Waals surface area (Å²) in [6.07, 6.45) is 20.8. The first-order chi connectivity index (χ1) is 26.8. The fourth-order valence-electron chi connectivity index (χ4n) is 6.31. The molecule has 13 heteroatoms. The van der Waals surface area contributed by atoms with E-state index < -0.39 is 25.1 Å². The van der Waals surface area contributed by atoms with Gasteiger partial charge in [0, 0.05) is 6.07 Å². The van der Waals surface area contributed by atoms with Gasteiger partial charge in [-0.15, -0.1) is 5.75 Å². The normalized spacial score (nSPS) is 11.3. The Labute approximate surface area is 370 Å². The molecule has 0 unspecified atom stereocenters. The van der Waals surface area contributed by atoms with Crippen molar-refractivity contribution in [3.63, 3.8) is 0 Å². The first kappa shape index (κ1) is 50.3. The number of ether oxygens (including phenoxy) is 2. The van der Waals surface area contributed by atoms with Crippen molar-refractivity contribution in [2.45, 2.75) is 139 Å². The zero-order valence-corrected chi connectivity index (χ0v) is 37.3. The Morgan fingerprint density at radius 1 is 0.526 bits per heavy atom. The van der Waals surface area contributed by atoms with Crippen LogP contribution in [0.3, 0.4) is 0 Å². The molecule has 0 saturated heterocycles. The van der Waals surface area contributed by atoms with Crippen molar-refractivity contribution in [2.24, 2.45) is 0 Å². The molecule has 57 heavy (non-hydrogen) atoms. The number of para-hydroxylation sites is 2. The molecule has 0 radical (unpaired) electrons. The standard InChI is InChI=1S/2C22H30O5S.Ca/c2*1-2-3-4-5-6-7-8-9-12-18-15-16-19(23)17-21(18)27-20-13-10-11-14-22(20)28(24,25)26;/h2*10-11,13-17,23H,2-9,12H2,1H3,(H,24,25,26);/q;;+2/p-2. The van der Waals surface area contributed by atoms with Gasteiger partial charge in [0.15, 0.2) is 0 Å². The summed E-state index contributed by atoms with van der Waals surface area (Å²) in [6, 6.07) is 21.0. The van der Waals surface area contributed by atoms with Crippen LogP contribution in [0.5, 0.6) is 34.5 Å². The third kappa shape index (κ3) is 19.2. The van der Waals surface area contributed by atoms with E-state index in [-0.39, 0.29) is 65.6 Å². The minimum atomic E-state index is -4.66. The van der Waals surface area contributed by atoms with Crippen molar-refractivity contribution < 1.29 is 45.6 Å². The monoisotopic (exact) mass is 850 g/mol. The summed E-state index contributed by atoms with van der Waals surface area (Å²) >= 11 is 0. The van der Waals surface area contributed by atoms with Gasteiger partial charge in [-0.25, -0.2) is 8.42 Å². The average Bonchev–Trinajstić information content (AvgIpc) is 3.15. The molecule has 0 fully saturated rings. The quantitative estimate of drug-likeness (QED) is 0.0392. The zero-order valence-electron chi connectivity index (χ0n) is 33.5.